The van der Waals surface area contributed by atoms with Gasteiger partial charge in [-0.05, 0) is 101 Å². The van der Waals surface area contributed by atoms with Gasteiger partial charge in [0.05, 0.1) is 61.9 Å². The van der Waals surface area contributed by atoms with Crippen molar-refractivity contribution < 1.29 is 28.8 Å². The van der Waals surface area contributed by atoms with Crippen LogP contribution in [-0.2, 0) is 0 Å². The van der Waals surface area contributed by atoms with Gasteiger partial charge in [0.2, 0.25) is 0 Å². The Hall–Kier alpha value is -7.62. The van der Waals surface area contributed by atoms with E-state index in [2.05, 4.69) is 0 Å². The van der Waals surface area contributed by atoms with E-state index in [1.807, 2.05) is 30.3 Å². The van der Waals surface area contributed by atoms with Crippen LogP contribution in [0.5, 0.6) is 0 Å². The second kappa shape index (κ2) is 12.5. The Morgan fingerprint density at radius 3 is 1.26 bits per heavy atom. The summed E-state index contributed by atoms with van der Waals surface area (Å²) in [6.07, 6.45) is 0. The number of aromatic nitrogens is 3. The lowest BCUT2D eigenvalue weighted by molar-refractivity contribution is 1.15. The fourth-order valence-corrected chi connectivity index (χ4v) is 7.64. The maximum Gasteiger partial charge on any atom is 0.0667 e. The van der Waals surface area contributed by atoms with E-state index in [0.29, 0.717) is 5.69 Å². The van der Waals surface area contributed by atoms with E-state index >= 15 is 0 Å². The van der Waals surface area contributed by atoms with Crippen LogP contribution in [0.15, 0.2) is 212 Å². The lowest BCUT2D eigenvalue weighted by Gasteiger charge is -2.11. The number of hydrogen-bond donors (Lipinski definition) is 0. The van der Waals surface area contributed by atoms with Gasteiger partial charge in [-0.3, -0.25) is 0 Å². The quantitative estimate of drug-likeness (QED) is 0.167. The molecule has 0 bridgehead atoms. The van der Waals surface area contributed by atoms with Crippen molar-refractivity contribution >= 4 is 65.4 Å². The number of nitrogens with zero attached hydrogens (tertiary/aromatic N) is 3. The van der Waals surface area contributed by atoms with Crippen LogP contribution in [0, 0.1) is 0 Å². The zero-order valence-corrected chi connectivity index (χ0v) is 29.4. The molecule has 0 aliphatic rings. The Kier molecular flexibility index (Phi) is 3.81. The van der Waals surface area contributed by atoms with Gasteiger partial charge >= 0.3 is 0 Å². The summed E-state index contributed by atoms with van der Waals surface area (Å²) in [7, 11) is 0. The van der Waals surface area contributed by atoms with Crippen LogP contribution in [0.2, 0.25) is 0 Å². The van der Waals surface area contributed by atoms with Gasteiger partial charge < -0.3 is 13.7 Å². The molecular weight excluding hydrogens is 691 g/mol. The van der Waals surface area contributed by atoms with Gasteiger partial charge in [-0.15, -0.1) is 0 Å². The van der Waals surface area contributed by atoms with Gasteiger partial charge in [0.1, 0.15) is 0 Å². The third-order valence-corrected chi connectivity index (χ3v) is 10.2. The molecule has 266 valence electrons. The highest BCUT2D eigenvalue weighted by atomic mass is 15.0. The zero-order valence-electron chi connectivity index (χ0n) is 50.4. The summed E-state index contributed by atoms with van der Waals surface area (Å²) >= 11 is 0. The fraction of sp³-hybridized carbons (Fsp3) is 0. The first-order valence-electron chi connectivity index (χ1n) is 28.4. The zero-order chi connectivity index (χ0) is 55.7. The van der Waals surface area contributed by atoms with E-state index in [4.69, 9.17) is 12.3 Å². The van der Waals surface area contributed by atoms with Gasteiger partial charge in [-0.2, -0.15) is 0 Å². The highest BCUT2D eigenvalue weighted by Crippen LogP contribution is 2.40. The molecule has 3 heterocycles. The Labute approximate surface area is 359 Å². The van der Waals surface area contributed by atoms with Gasteiger partial charge in [0.15, 0.2) is 0 Å². The molecule has 0 amide bonds. The van der Waals surface area contributed by atoms with Crippen LogP contribution in [0.25, 0.3) is 105 Å². The summed E-state index contributed by atoms with van der Waals surface area (Å²) in [6.45, 7) is 0. The third-order valence-electron chi connectivity index (χ3n) is 10.2. The van der Waals surface area contributed by atoms with E-state index in [-0.39, 0.29) is 49.3 Å². The lowest BCUT2D eigenvalue weighted by Crippen LogP contribution is -1.96. The number of para-hydroxylation sites is 4. The molecule has 9 aromatic carbocycles. The molecule has 0 aliphatic carbocycles. The van der Waals surface area contributed by atoms with Crippen molar-refractivity contribution in [3.05, 3.63) is 212 Å². The molecule has 3 heteroatoms. The molecule has 12 rings (SSSR count). The standard InChI is InChI=1S/C54H35N3/c1-3-13-36(14-4-1)37-23-27-41(28-24-37)55-50-21-11-8-18-44(50)47-33-38(25-31-52(47)55)39-26-32-53-48(34-39)45-19-9-12-22-51(45)57(53)42-29-30-46-43-17-7-10-20-49(43)56(54(46)35-42)40-15-5-2-6-16-40/h1-35H/i7D,8D,9D,10D,11D,12D,17D,18D,19D,20D,21D,22D,25D,26D,29D,30D,31D,32D,33D,34D,35D. The molecule has 3 aromatic heterocycles. The summed E-state index contributed by atoms with van der Waals surface area (Å²) in [5.41, 5.74) is -1.21. The van der Waals surface area contributed by atoms with Gasteiger partial charge in [-0.1, -0.05) is 133 Å². The molecule has 0 unspecified atom stereocenters. The summed E-state index contributed by atoms with van der Waals surface area (Å²) in [6, 6.07) is 9.83. The van der Waals surface area contributed by atoms with Crippen LogP contribution >= 0.6 is 0 Å². The maximum atomic E-state index is 10.0. The first kappa shape index (κ1) is 17.5. The first-order valence-corrected chi connectivity index (χ1v) is 17.9. The van der Waals surface area contributed by atoms with Crippen molar-refractivity contribution in [2.24, 2.45) is 0 Å². The van der Waals surface area contributed by atoms with Crippen LogP contribution in [0.1, 0.15) is 28.8 Å². The van der Waals surface area contributed by atoms with Crippen molar-refractivity contribution in [3.8, 4) is 39.3 Å². The van der Waals surface area contributed by atoms with E-state index in [0.717, 1.165) is 15.7 Å². The predicted octanol–water partition coefficient (Wildman–Crippen LogP) is 14.3. The third kappa shape index (κ3) is 4.86. The summed E-state index contributed by atoms with van der Waals surface area (Å²) in [5, 5.41) is -1.78. The average Bonchev–Trinajstić information content (AvgIpc) is 3.61. The molecule has 0 radical (unpaired) electrons. The van der Waals surface area contributed by atoms with Crippen molar-refractivity contribution in [1.82, 2.24) is 13.7 Å². The average molecular weight is 747 g/mol. The van der Waals surface area contributed by atoms with Gasteiger partial charge in [0.25, 0.3) is 0 Å². The number of benzene rings is 9. The minimum atomic E-state index is -0.873. The van der Waals surface area contributed by atoms with Crippen LogP contribution in [-0.4, -0.2) is 13.7 Å². The topological polar surface area (TPSA) is 14.8 Å². The second-order valence-corrected chi connectivity index (χ2v) is 13.3. The minimum absolute atomic E-state index is 0.137. The Bertz CT molecular complexity index is 4720. The molecule has 0 saturated heterocycles. The van der Waals surface area contributed by atoms with E-state index < -0.39 is 166 Å². The highest BCUT2D eigenvalue weighted by molar-refractivity contribution is 6.14. The molecule has 12 aromatic rings. The SMILES string of the molecule is [2H]c1c([2H])c([2H])c2c(c1[2H])c1c([2H])c(-c3c([2H])c([2H])c4c(c3[2H])c3c([2H])c([2H])c([2H])c([2H])c3n4-c3c([2H])c([2H])c4c5c([2H])c([2H])c([2H])c([2H])c5n(-c5ccccc5)c4c3[2H])c([2H])c([2H])c1n2-c1ccc(-c2ccccc2)cc1. The van der Waals surface area contributed by atoms with Crippen molar-refractivity contribution in [1.29, 1.82) is 0 Å². The predicted molar refractivity (Wildman–Crippen MR) is 240 cm³/mol. The molecule has 0 fully saturated rings. The highest BCUT2D eigenvalue weighted by Gasteiger charge is 2.18. The van der Waals surface area contributed by atoms with Gasteiger partial charge in [0, 0.05) is 49.4 Å². The largest absolute Gasteiger partial charge is 0.309 e. The Morgan fingerprint density at radius 1 is 0.263 bits per heavy atom. The second-order valence-electron chi connectivity index (χ2n) is 13.3. The summed E-state index contributed by atoms with van der Waals surface area (Å²) in [5.74, 6) is 0. The monoisotopic (exact) mass is 746 g/mol. The smallest absolute Gasteiger partial charge is 0.0667 e. The fourth-order valence-electron chi connectivity index (χ4n) is 7.64. The van der Waals surface area contributed by atoms with Crippen LogP contribution in [0.3, 0.4) is 0 Å². The van der Waals surface area contributed by atoms with Crippen molar-refractivity contribution in [3.63, 3.8) is 0 Å². The molecule has 3 nitrogen and oxygen atoms in total. The molecule has 0 spiro atoms. The first-order chi connectivity index (χ1) is 37.1. The van der Waals surface area contributed by atoms with Crippen molar-refractivity contribution in [2.75, 3.05) is 0 Å². The van der Waals surface area contributed by atoms with Gasteiger partial charge in [-0.25, -0.2) is 0 Å². The molecular formula is C54H35N3. The molecule has 0 atom stereocenters. The summed E-state index contributed by atoms with van der Waals surface area (Å²) < 4.78 is 199. The summed E-state index contributed by atoms with van der Waals surface area (Å²) in [4.78, 5) is 0. The number of rotatable bonds is 5. The van der Waals surface area contributed by atoms with E-state index in [1.165, 1.54) is 9.13 Å². The van der Waals surface area contributed by atoms with Crippen LogP contribution in [0.4, 0.5) is 0 Å². The number of hydrogen-bond acceptors (Lipinski definition) is 0. The Balaban J connectivity index is 1.23. The maximum absolute atomic E-state index is 10.0. The van der Waals surface area contributed by atoms with E-state index in [1.54, 1.807) is 54.6 Å². The lowest BCUT2D eigenvalue weighted by atomic mass is 10.0. The Morgan fingerprint density at radius 2 is 0.684 bits per heavy atom. The molecule has 0 saturated carbocycles. The minimum Gasteiger partial charge on any atom is -0.309 e. The van der Waals surface area contributed by atoms with Crippen molar-refractivity contribution in [2.45, 2.75) is 0 Å². The van der Waals surface area contributed by atoms with Crippen LogP contribution < -0.4 is 0 Å². The molecule has 57 heavy (non-hydrogen) atoms. The number of fused-ring (bicyclic) bond motifs is 9. The van der Waals surface area contributed by atoms with E-state index in [9.17, 15) is 16.4 Å². The molecule has 0 aliphatic heterocycles. The molecule has 0 N–H and O–H groups in total. The normalized spacial score (nSPS) is 17.0.